The van der Waals surface area contributed by atoms with Crippen LogP contribution in [0.15, 0.2) is 243 Å². The summed E-state index contributed by atoms with van der Waals surface area (Å²) in [7, 11) is 0. The molecule has 0 radical (unpaired) electrons. The third kappa shape index (κ3) is 5.60. The summed E-state index contributed by atoms with van der Waals surface area (Å²) in [6.07, 6.45) is 0.894. The van der Waals surface area contributed by atoms with Gasteiger partial charge in [-0.15, -0.1) is 0 Å². The van der Waals surface area contributed by atoms with Gasteiger partial charge in [-0.3, -0.25) is 4.79 Å². The van der Waals surface area contributed by atoms with Crippen molar-refractivity contribution in [1.82, 2.24) is 22.8 Å². The van der Waals surface area contributed by atoms with Gasteiger partial charge in [-0.2, -0.15) is 0 Å². The Morgan fingerprint density at radius 1 is 0.205 bits per heavy atom. The van der Waals surface area contributed by atoms with Gasteiger partial charge in [0.2, 0.25) is 0 Å². The summed E-state index contributed by atoms with van der Waals surface area (Å²) in [6.45, 7) is 0. The first-order valence-electron chi connectivity index (χ1n) is 24.9. The third-order valence-electron chi connectivity index (χ3n) is 15.5. The fraction of sp³-hybridized carbons (Fsp3) is 0. The molecule has 0 saturated heterocycles. The highest BCUT2D eigenvalue weighted by molar-refractivity contribution is 6.16. The highest BCUT2D eigenvalue weighted by Gasteiger charge is 2.21. The van der Waals surface area contributed by atoms with Crippen molar-refractivity contribution >= 4 is 115 Å². The van der Waals surface area contributed by atoms with Crippen molar-refractivity contribution < 1.29 is 4.79 Å². The molecule has 0 fully saturated rings. The average molecular weight is 932 g/mol. The normalized spacial score (nSPS) is 12.2. The van der Waals surface area contributed by atoms with Gasteiger partial charge in [0.15, 0.2) is 0 Å². The molecule has 11 aromatic carbocycles. The summed E-state index contributed by atoms with van der Waals surface area (Å²) >= 11 is 0. The van der Waals surface area contributed by atoms with Gasteiger partial charge in [0.25, 0.3) is 0 Å². The number of carbonyl (C=O) groups is 1. The third-order valence-corrected chi connectivity index (χ3v) is 15.5. The fourth-order valence-electron chi connectivity index (χ4n) is 12.4. The van der Waals surface area contributed by atoms with Crippen molar-refractivity contribution in [2.45, 2.75) is 0 Å². The number of fused-ring (bicyclic) bond motifs is 15. The Morgan fingerprint density at radius 3 is 0.671 bits per heavy atom. The Morgan fingerprint density at radius 2 is 0.411 bits per heavy atom. The molecule has 5 aromatic heterocycles. The lowest BCUT2D eigenvalue weighted by atomic mass is 10.1. The van der Waals surface area contributed by atoms with Crippen LogP contribution in [0.3, 0.4) is 0 Å². The van der Waals surface area contributed by atoms with Gasteiger partial charge in [-0.05, 0) is 133 Å². The van der Waals surface area contributed by atoms with E-state index in [1.165, 1.54) is 81.4 Å². The van der Waals surface area contributed by atoms with Gasteiger partial charge in [0, 0.05) is 87.9 Å². The molecule has 0 amide bonds. The minimum absolute atomic E-state index is 0.662. The van der Waals surface area contributed by atoms with Crippen molar-refractivity contribution in [1.29, 1.82) is 0 Å². The van der Waals surface area contributed by atoms with E-state index >= 15 is 0 Å². The first kappa shape index (κ1) is 39.9. The maximum absolute atomic E-state index is 11.5. The van der Waals surface area contributed by atoms with Crippen LogP contribution in [0.4, 0.5) is 0 Å². The highest BCUT2D eigenvalue weighted by Crippen LogP contribution is 2.42. The quantitative estimate of drug-likeness (QED) is 0.153. The average Bonchev–Trinajstić information content (AvgIpc) is 4.24. The minimum Gasteiger partial charge on any atom is -0.309 e. The van der Waals surface area contributed by atoms with Crippen molar-refractivity contribution in [3.63, 3.8) is 0 Å². The molecule has 0 aliphatic heterocycles. The van der Waals surface area contributed by atoms with E-state index in [1.54, 1.807) is 0 Å². The number of para-hydroxylation sites is 6. The molecule has 6 heteroatoms. The van der Waals surface area contributed by atoms with Gasteiger partial charge in [0.1, 0.15) is 6.29 Å². The number of nitrogens with zero attached hydrogens (tertiary/aromatic N) is 5. The number of hydrogen-bond donors (Lipinski definition) is 0. The number of rotatable bonds is 6. The Kier molecular flexibility index (Phi) is 8.22. The molecule has 0 N–H and O–H groups in total. The lowest BCUT2D eigenvalue weighted by Crippen LogP contribution is -1.97. The summed E-state index contributed by atoms with van der Waals surface area (Å²) in [4.78, 5) is 11.5. The lowest BCUT2D eigenvalue weighted by Gasteiger charge is -2.12. The van der Waals surface area contributed by atoms with E-state index in [0.717, 1.165) is 62.3 Å². The SMILES string of the molecule is O=Cc1ccc(-n2c3ccccc3c3cc(-n4c5ccccc5c5cc(-n6c7ccccc7c7cc(-n8c9ccccc9c9cc(-n%10c%11ccccc%11c%11ccccc%11%10)ccc98)ccc76)ccc54)ccc32)cc1. The van der Waals surface area contributed by atoms with Crippen molar-refractivity contribution in [3.8, 4) is 28.4 Å². The standard InChI is InChI=1S/C67H41N5O/c73-41-42-25-27-43(28-26-42)68-60-21-9-3-15-50(60)54-38-45(29-33-64(54)68)70-62-23-11-5-17-52(62)56-40-47(31-35-66(56)70)72-63-24-12-6-18-53(63)57-39-46(32-36-67(57)72)71-61-22-10-4-16-51(61)55-37-44(30-34-65(55)71)69-58-19-7-1-13-48(58)49-14-2-8-20-59(49)69/h1-41H. The van der Waals surface area contributed by atoms with Crippen LogP contribution in [0.5, 0.6) is 0 Å². The van der Waals surface area contributed by atoms with E-state index in [2.05, 4.69) is 241 Å². The summed E-state index contributed by atoms with van der Waals surface area (Å²) < 4.78 is 12.0. The molecule has 0 spiro atoms. The molecule has 16 rings (SSSR count). The van der Waals surface area contributed by atoms with Gasteiger partial charge in [-0.25, -0.2) is 0 Å². The van der Waals surface area contributed by atoms with Crippen LogP contribution in [0.25, 0.3) is 137 Å². The smallest absolute Gasteiger partial charge is 0.150 e. The van der Waals surface area contributed by atoms with Crippen LogP contribution in [-0.4, -0.2) is 29.1 Å². The molecule has 0 aliphatic carbocycles. The zero-order chi connectivity index (χ0) is 47.9. The number of aromatic nitrogens is 5. The Hall–Kier alpha value is -9.91. The maximum Gasteiger partial charge on any atom is 0.150 e. The monoisotopic (exact) mass is 931 g/mol. The van der Waals surface area contributed by atoms with Crippen LogP contribution in [-0.2, 0) is 0 Å². The molecule has 0 atom stereocenters. The van der Waals surface area contributed by atoms with E-state index in [9.17, 15) is 4.79 Å². The van der Waals surface area contributed by atoms with E-state index in [0.29, 0.717) is 5.56 Å². The highest BCUT2D eigenvalue weighted by atomic mass is 16.1. The summed E-state index contributed by atoms with van der Waals surface area (Å²) in [6, 6.07) is 88.0. The van der Waals surface area contributed by atoms with Gasteiger partial charge >= 0.3 is 0 Å². The van der Waals surface area contributed by atoms with Crippen molar-refractivity contribution in [2.24, 2.45) is 0 Å². The fourth-order valence-corrected chi connectivity index (χ4v) is 12.4. The number of benzene rings is 11. The molecular formula is C67H41N5O. The van der Waals surface area contributed by atoms with Crippen LogP contribution in [0.1, 0.15) is 10.4 Å². The number of aldehydes is 1. The number of carbonyl (C=O) groups excluding carboxylic acids is 1. The van der Waals surface area contributed by atoms with Gasteiger partial charge < -0.3 is 22.8 Å². The summed E-state index contributed by atoms with van der Waals surface area (Å²) in [5.74, 6) is 0. The summed E-state index contributed by atoms with van der Waals surface area (Å²) in [5.41, 5.74) is 17.8. The van der Waals surface area contributed by atoms with Crippen molar-refractivity contribution in [3.05, 3.63) is 248 Å². The van der Waals surface area contributed by atoms with Gasteiger partial charge in [0.05, 0.1) is 55.2 Å². The molecule has 16 aromatic rings. The first-order valence-corrected chi connectivity index (χ1v) is 24.9. The summed E-state index contributed by atoms with van der Waals surface area (Å²) in [5, 5.41) is 12.1. The lowest BCUT2D eigenvalue weighted by molar-refractivity contribution is 0.112. The second-order valence-corrected chi connectivity index (χ2v) is 19.3. The molecular weight excluding hydrogens is 891 g/mol. The Labute approximate surface area is 417 Å². The van der Waals surface area contributed by atoms with Crippen LogP contribution in [0.2, 0.25) is 0 Å². The molecule has 73 heavy (non-hydrogen) atoms. The Balaban J connectivity index is 0.850. The van der Waals surface area contributed by atoms with Crippen LogP contribution in [0, 0.1) is 0 Å². The van der Waals surface area contributed by atoms with E-state index < -0.39 is 0 Å². The first-order chi connectivity index (χ1) is 36.2. The molecule has 340 valence electrons. The second kappa shape index (κ2) is 15.0. The Bertz CT molecular complexity index is 4940. The maximum atomic E-state index is 11.5. The molecule has 5 heterocycles. The molecule has 0 saturated carbocycles. The largest absolute Gasteiger partial charge is 0.309 e. The number of hydrogen-bond acceptors (Lipinski definition) is 1. The molecule has 0 unspecified atom stereocenters. The topological polar surface area (TPSA) is 41.7 Å². The predicted molar refractivity (Wildman–Crippen MR) is 304 cm³/mol. The van der Waals surface area contributed by atoms with Crippen molar-refractivity contribution in [2.75, 3.05) is 0 Å². The van der Waals surface area contributed by atoms with E-state index in [4.69, 9.17) is 0 Å². The second-order valence-electron chi connectivity index (χ2n) is 19.3. The van der Waals surface area contributed by atoms with E-state index in [1.807, 2.05) is 24.3 Å². The van der Waals surface area contributed by atoms with Crippen LogP contribution >= 0.6 is 0 Å². The van der Waals surface area contributed by atoms with E-state index in [-0.39, 0.29) is 0 Å². The zero-order valence-electron chi connectivity index (χ0n) is 39.3. The zero-order valence-corrected chi connectivity index (χ0v) is 39.3. The molecule has 0 bridgehead atoms. The van der Waals surface area contributed by atoms with Crippen LogP contribution < -0.4 is 0 Å². The molecule has 0 aliphatic rings. The minimum atomic E-state index is 0.662. The molecule has 6 nitrogen and oxygen atoms in total. The predicted octanol–water partition coefficient (Wildman–Crippen LogP) is 17.0. The van der Waals surface area contributed by atoms with Gasteiger partial charge in [-0.1, -0.05) is 109 Å².